The van der Waals surface area contributed by atoms with Crippen LogP contribution in [0.1, 0.15) is 122 Å². The number of methoxy groups -OCH3 is 2. The van der Waals surface area contributed by atoms with Gasteiger partial charge in [-0.15, -0.1) is 5.06 Å². The molecule has 8 N–H and O–H groups in total. The van der Waals surface area contributed by atoms with Crippen molar-refractivity contribution in [3.05, 3.63) is 82.5 Å². The maximum absolute atomic E-state index is 14.7. The summed E-state index contributed by atoms with van der Waals surface area (Å²) in [5, 5.41) is 26.0. The Morgan fingerprint density at radius 3 is 2.35 bits per heavy atom. The zero-order chi connectivity index (χ0) is 67.5. The van der Waals surface area contributed by atoms with Crippen molar-refractivity contribution in [1.29, 1.82) is 0 Å². The zero-order valence-electron chi connectivity index (χ0n) is 53.1. The highest BCUT2D eigenvalue weighted by atomic mass is 35.5. The van der Waals surface area contributed by atoms with E-state index in [1.54, 1.807) is 64.1 Å². The van der Waals surface area contributed by atoms with E-state index in [0.29, 0.717) is 22.9 Å². The van der Waals surface area contributed by atoms with Gasteiger partial charge in [-0.25, -0.2) is 19.2 Å². The van der Waals surface area contributed by atoms with E-state index in [9.17, 15) is 57.8 Å². The molecule has 0 aliphatic carbocycles. The summed E-state index contributed by atoms with van der Waals surface area (Å²) in [4.78, 5) is 158. The molecule has 3 aromatic rings. The summed E-state index contributed by atoms with van der Waals surface area (Å²) in [7, 11) is 5.72. The number of epoxide rings is 1. The number of pyridine rings is 1. The molecule has 3 saturated heterocycles. The molecule has 2 aromatic carbocycles. The van der Waals surface area contributed by atoms with Crippen molar-refractivity contribution < 1.29 is 86.4 Å². The number of urea groups is 1. The lowest BCUT2D eigenvalue weighted by atomic mass is 9.83. The number of primary amides is 1. The van der Waals surface area contributed by atoms with Crippen LogP contribution in [0, 0.1) is 11.8 Å². The number of aromatic nitrogens is 1. The molecule has 0 saturated carbocycles. The Kier molecular flexibility index (Phi) is 23.5. The molecule has 28 nitrogen and oxygen atoms in total. The summed E-state index contributed by atoms with van der Waals surface area (Å²) in [5.74, 6) is -7.05. The van der Waals surface area contributed by atoms with E-state index in [1.807, 2.05) is 13.0 Å². The van der Waals surface area contributed by atoms with Crippen LogP contribution in [0.15, 0.2) is 66.4 Å². The van der Waals surface area contributed by atoms with Gasteiger partial charge in [-0.2, -0.15) is 0 Å². The second-order valence-electron chi connectivity index (χ2n) is 23.9. The lowest BCUT2D eigenvalue weighted by Gasteiger charge is -2.42. The summed E-state index contributed by atoms with van der Waals surface area (Å²) < 4.78 is 29.7. The van der Waals surface area contributed by atoms with Crippen molar-refractivity contribution in [1.82, 2.24) is 36.2 Å². The fourth-order valence-corrected chi connectivity index (χ4v) is 11.5. The molecule has 0 radical (unpaired) electrons. The lowest BCUT2D eigenvalue weighted by molar-refractivity contribution is -0.197. The van der Waals surface area contributed by atoms with E-state index in [0.717, 1.165) is 16.0 Å². The molecule has 92 heavy (non-hydrogen) atoms. The molecule has 4 aliphatic rings. The number of benzene rings is 2. The van der Waals surface area contributed by atoms with Gasteiger partial charge in [-0.05, 0) is 101 Å². The number of nitrogens with zero attached hydrogens (tertiary/aromatic N) is 4. The van der Waals surface area contributed by atoms with E-state index in [1.165, 1.54) is 58.5 Å². The molecular formula is C63H81ClN10O18. The van der Waals surface area contributed by atoms with Crippen LogP contribution < -0.4 is 42.0 Å². The Balaban J connectivity index is 1.08. The highest BCUT2D eigenvalue weighted by Gasteiger charge is 2.64. The minimum Gasteiger partial charge on any atom is -0.495 e. The molecule has 0 spiro atoms. The summed E-state index contributed by atoms with van der Waals surface area (Å²) in [5.41, 5.74) is 4.11. The summed E-state index contributed by atoms with van der Waals surface area (Å²) in [6, 6.07) is 4.95. The van der Waals surface area contributed by atoms with Crippen LogP contribution in [0.3, 0.4) is 0 Å². The van der Waals surface area contributed by atoms with Crippen LogP contribution >= 0.6 is 11.6 Å². The molecule has 7 rings (SSSR count). The van der Waals surface area contributed by atoms with Crippen LogP contribution in [0.2, 0.25) is 5.02 Å². The highest BCUT2D eigenvalue weighted by molar-refractivity contribution is 6.35. The number of rotatable bonds is 22. The van der Waals surface area contributed by atoms with Gasteiger partial charge >= 0.3 is 24.1 Å². The van der Waals surface area contributed by atoms with Crippen LogP contribution in [0.5, 0.6) is 5.75 Å². The van der Waals surface area contributed by atoms with Gasteiger partial charge in [0, 0.05) is 77.4 Å². The predicted molar refractivity (Wildman–Crippen MR) is 332 cm³/mol. The summed E-state index contributed by atoms with van der Waals surface area (Å²) in [6.45, 7) is 10.1. The Bertz CT molecular complexity index is 3400. The van der Waals surface area contributed by atoms with E-state index < -0.39 is 138 Å². The zero-order valence-corrected chi connectivity index (χ0v) is 53.8. The van der Waals surface area contributed by atoms with Gasteiger partial charge in [-0.1, -0.05) is 56.2 Å². The van der Waals surface area contributed by atoms with Gasteiger partial charge in [-0.3, -0.25) is 43.9 Å². The molecule has 10 amide bonds. The van der Waals surface area contributed by atoms with Gasteiger partial charge in [0.15, 0.2) is 5.72 Å². The molecule has 0 unspecified atom stereocenters. The SMILES string of the molecule is COc1cc2cc(c1Cl)N(C)C(=O)C[C@H](OC(=O)[C@H](C)N(C)C(=O)c1ccc(NC(=O)[C@H](CCCNC(N)=O)NC(=O)[C@@H](NC(=O)CCCCC(=O)ON3C(=O)CCC3=O)C(C)C)c3cccnc13)[C@]1(C)O[C@H]1[C@H](C)[C@@H]1C[C@@](O)(NC(=O)O1)[C@H](OC)/C=C/C=C(\C)C2. The van der Waals surface area contributed by atoms with Crippen LogP contribution in [0.25, 0.3) is 10.9 Å². The fourth-order valence-electron chi connectivity index (χ4n) is 11.2. The number of esters is 1. The van der Waals surface area contributed by atoms with Crippen LogP contribution in [0.4, 0.5) is 21.0 Å². The number of amides is 10. The van der Waals surface area contributed by atoms with E-state index in [-0.39, 0.29) is 91.5 Å². The maximum atomic E-state index is 14.7. The van der Waals surface area contributed by atoms with Crippen LogP contribution in [-0.2, 0) is 68.6 Å². The number of hydrogen-bond acceptors (Lipinski definition) is 19. The number of likely N-dealkylation sites (N-methyl/N-ethyl adjacent to an activating group) is 1. The average molecular weight is 1300 g/mol. The predicted octanol–water partition coefficient (Wildman–Crippen LogP) is 4.56. The molecule has 29 heteroatoms. The Labute approximate surface area is 536 Å². The minimum absolute atomic E-state index is 0.00614. The third-order valence-corrected chi connectivity index (χ3v) is 17.2. The number of nitrogens with one attached hydrogen (secondary N) is 5. The second kappa shape index (κ2) is 30.6. The Morgan fingerprint density at radius 1 is 0.967 bits per heavy atom. The third-order valence-electron chi connectivity index (χ3n) is 16.8. The lowest BCUT2D eigenvalue weighted by Crippen LogP contribution is -2.63. The quantitative estimate of drug-likeness (QED) is 0.0314. The molecule has 1 aromatic heterocycles. The van der Waals surface area contributed by atoms with Gasteiger partial charge in [0.1, 0.15) is 52.8 Å². The molecule has 3 fully saturated rings. The molecule has 4 aliphatic heterocycles. The summed E-state index contributed by atoms with van der Waals surface area (Å²) >= 11 is 6.87. The summed E-state index contributed by atoms with van der Waals surface area (Å²) in [6.07, 6.45) is 1.33. The second-order valence-corrected chi connectivity index (χ2v) is 24.3. The number of aliphatic hydroxyl groups is 1. The number of anilines is 2. The number of nitrogens with two attached hydrogens (primary N) is 1. The smallest absolute Gasteiger partial charge is 0.409 e. The average Bonchev–Trinajstić information content (AvgIpc) is 1.57. The molecule has 10 atom stereocenters. The van der Waals surface area contributed by atoms with Crippen molar-refractivity contribution in [2.75, 3.05) is 45.1 Å². The van der Waals surface area contributed by atoms with E-state index in [4.69, 9.17) is 45.9 Å². The number of hydroxylamine groups is 2. The van der Waals surface area contributed by atoms with Gasteiger partial charge in [0.25, 0.3) is 17.7 Å². The number of allylic oxidation sites excluding steroid dienone is 3. The monoisotopic (exact) mass is 1300 g/mol. The first-order valence-electron chi connectivity index (χ1n) is 30.2. The third kappa shape index (κ3) is 17.0. The number of ether oxygens (including phenoxy) is 5. The van der Waals surface area contributed by atoms with Crippen molar-refractivity contribution in [3.63, 3.8) is 0 Å². The topological polar surface area (TPSA) is 375 Å². The number of imide groups is 1. The number of carbonyl (C=O) groups excluding carboxylic acids is 11. The van der Waals surface area contributed by atoms with Gasteiger partial charge < -0.3 is 70.4 Å². The minimum atomic E-state index is -1.94. The van der Waals surface area contributed by atoms with Gasteiger partial charge in [0.05, 0.1) is 42.1 Å². The first-order chi connectivity index (χ1) is 43.5. The number of carbonyl (C=O) groups is 11. The van der Waals surface area contributed by atoms with Crippen LogP contribution in [-0.4, -0.2) is 174 Å². The molecule has 498 valence electrons. The van der Waals surface area contributed by atoms with Gasteiger partial charge in [0.2, 0.25) is 23.6 Å². The highest BCUT2D eigenvalue weighted by Crippen LogP contribution is 2.49. The molecular weight excluding hydrogens is 1220 g/mol. The number of fused-ring (bicyclic) bond motifs is 6. The maximum Gasteiger partial charge on any atom is 0.409 e. The largest absolute Gasteiger partial charge is 0.495 e. The number of alkyl carbamates (subject to hydrolysis) is 1. The van der Waals surface area contributed by atoms with Crippen molar-refractivity contribution in [2.24, 2.45) is 17.6 Å². The van der Waals surface area contributed by atoms with Crippen molar-refractivity contribution >= 4 is 99.3 Å². The molecule has 5 heterocycles. The van der Waals surface area contributed by atoms with Crippen molar-refractivity contribution in [2.45, 2.75) is 166 Å². The fraction of sp³-hybridized carbons (Fsp3) is 0.524. The first kappa shape index (κ1) is 70.7. The normalized spacial score (nSPS) is 24.3. The standard InChI is InChI=1S/C63H81ClN10O18/c1-33(2)53(70-47(75)20-11-12-21-51(79)92-74-48(76)24-25-49(74)77)57(81)69-41(18-15-27-67-60(65)84)56(80)68-40-23-22-39(54-38(40)17-14-26-66-54)58(82)72(7)36(5)59(83)90-46-31-50(78)73(8)42-29-37(30-43(87-9)52(42)64)28-34(3)16-13-19-45(88-10)63(86)32-44(89-61(85)71-63)35(4)55-62(46,6)91-55/h13-14,16-17,19,22-23,26,29-30,33,35-36,41,44-46,53,55,86H,11-12,15,18,20-21,24-25,27-28,31-32H2,1-10H3,(H,68,80)(H,69,81)(H,70,75)(H,71,85)(H3,65,67,84)/b19-13+,34-16+/t35-,36+,41+,44+,45-,46+,53+,55+,62+,63+/m1/s1. The number of halogens is 1. The van der Waals surface area contributed by atoms with E-state index >= 15 is 0 Å². The first-order valence-corrected chi connectivity index (χ1v) is 30.6. The number of hydrogen-bond donors (Lipinski definition) is 7. The van der Waals surface area contributed by atoms with Crippen molar-refractivity contribution in [3.8, 4) is 5.75 Å². The Hall–Kier alpha value is -8.73. The van der Waals surface area contributed by atoms with E-state index in [2.05, 4.69) is 31.6 Å². The number of unbranched alkanes of at least 4 members (excludes halogenated alkanes) is 1. The Morgan fingerprint density at radius 2 is 1.67 bits per heavy atom. The molecule has 4 bridgehead atoms.